The molecule has 2 heterocycles. The fraction of sp³-hybridized carbons (Fsp3) is 0.391. The number of para-hydroxylation sites is 1. The highest BCUT2D eigenvalue weighted by Crippen LogP contribution is 2.44. The minimum Gasteiger partial charge on any atom is -0.324 e. The van der Waals surface area contributed by atoms with Gasteiger partial charge in [-0.2, -0.15) is 0 Å². The van der Waals surface area contributed by atoms with Gasteiger partial charge in [0.1, 0.15) is 0 Å². The number of aryl methyl sites for hydroxylation is 2. The van der Waals surface area contributed by atoms with Gasteiger partial charge in [-0.25, -0.2) is 4.79 Å². The number of benzene rings is 2. The Balaban J connectivity index is 1.43. The lowest BCUT2D eigenvalue weighted by Gasteiger charge is -2.44. The van der Waals surface area contributed by atoms with Gasteiger partial charge in [-0.05, 0) is 50.5 Å². The Morgan fingerprint density at radius 1 is 1.00 bits per heavy atom. The predicted octanol–water partition coefficient (Wildman–Crippen LogP) is 4.52. The fourth-order valence-electron chi connectivity index (χ4n) is 4.21. The first kappa shape index (κ1) is 19.8. The van der Waals surface area contributed by atoms with Crippen LogP contribution < -0.4 is 5.32 Å². The van der Waals surface area contributed by atoms with Crippen LogP contribution in [0.1, 0.15) is 34.3 Å². The standard InChI is InChI=1S/C23H27N3O2S/c1-17-6-5-8-19(16-17)21(27)26-14-15-29-23(26)10-12-25(13-11-23)22(28)24-20-9-4-3-7-18(20)2/h3-9,16H,10-15H2,1-2H3,(H,24,28). The zero-order valence-electron chi connectivity index (χ0n) is 17.0. The van der Waals surface area contributed by atoms with Crippen LogP contribution in [-0.4, -0.2) is 52.0 Å². The first-order valence-corrected chi connectivity index (χ1v) is 11.1. The van der Waals surface area contributed by atoms with Gasteiger partial charge in [-0.15, -0.1) is 11.8 Å². The van der Waals surface area contributed by atoms with Crippen LogP contribution >= 0.6 is 11.8 Å². The van der Waals surface area contributed by atoms with Crippen molar-refractivity contribution in [2.75, 3.05) is 30.7 Å². The summed E-state index contributed by atoms with van der Waals surface area (Å²) in [5.41, 5.74) is 3.76. The number of likely N-dealkylation sites (tertiary alicyclic amines) is 1. The maximum atomic E-state index is 13.2. The fourth-order valence-corrected chi connectivity index (χ4v) is 5.67. The van der Waals surface area contributed by atoms with Crippen molar-refractivity contribution in [1.29, 1.82) is 0 Å². The SMILES string of the molecule is Cc1cccc(C(=O)N2CCSC23CCN(C(=O)Nc2ccccc2C)CC3)c1. The summed E-state index contributed by atoms with van der Waals surface area (Å²) in [5.74, 6) is 1.06. The molecule has 0 aromatic heterocycles. The second-order valence-corrected chi connectivity index (χ2v) is 9.31. The molecular weight excluding hydrogens is 382 g/mol. The first-order valence-electron chi connectivity index (χ1n) is 10.1. The molecule has 0 atom stereocenters. The number of hydrogen-bond acceptors (Lipinski definition) is 3. The first-order chi connectivity index (χ1) is 14.0. The summed E-state index contributed by atoms with van der Waals surface area (Å²) < 4.78 is 0. The minimum atomic E-state index is -0.194. The van der Waals surface area contributed by atoms with E-state index in [1.54, 1.807) is 0 Å². The van der Waals surface area contributed by atoms with Gasteiger partial charge in [0.05, 0.1) is 4.87 Å². The smallest absolute Gasteiger partial charge is 0.321 e. The van der Waals surface area contributed by atoms with E-state index in [-0.39, 0.29) is 16.8 Å². The lowest BCUT2D eigenvalue weighted by Crippen LogP contribution is -2.54. The largest absolute Gasteiger partial charge is 0.324 e. The Labute approximate surface area is 176 Å². The van der Waals surface area contributed by atoms with Crippen LogP contribution in [-0.2, 0) is 0 Å². The highest BCUT2D eigenvalue weighted by molar-refractivity contribution is 8.00. The molecule has 0 unspecified atom stereocenters. The number of carbonyl (C=O) groups excluding carboxylic acids is 2. The van der Waals surface area contributed by atoms with E-state index in [1.807, 2.05) is 83.9 Å². The van der Waals surface area contributed by atoms with Gasteiger partial charge in [0.15, 0.2) is 0 Å². The van der Waals surface area contributed by atoms with Crippen LogP contribution in [0.25, 0.3) is 0 Å². The number of piperidine rings is 1. The molecule has 0 bridgehead atoms. The summed E-state index contributed by atoms with van der Waals surface area (Å²) in [4.78, 5) is 29.6. The van der Waals surface area contributed by atoms with E-state index in [2.05, 4.69) is 5.32 Å². The van der Waals surface area contributed by atoms with E-state index in [4.69, 9.17) is 0 Å². The van der Waals surface area contributed by atoms with Gasteiger partial charge >= 0.3 is 6.03 Å². The number of thioether (sulfide) groups is 1. The number of rotatable bonds is 2. The van der Waals surface area contributed by atoms with E-state index >= 15 is 0 Å². The molecule has 0 saturated carbocycles. The Kier molecular flexibility index (Phi) is 5.54. The summed E-state index contributed by atoms with van der Waals surface area (Å²) in [6.07, 6.45) is 1.60. The minimum absolute atomic E-state index is 0.0614. The van der Waals surface area contributed by atoms with E-state index in [0.717, 1.165) is 47.5 Å². The molecule has 1 N–H and O–H groups in total. The third-order valence-corrected chi connectivity index (χ3v) is 7.46. The number of urea groups is 1. The number of nitrogens with one attached hydrogen (secondary N) is 1. The van der Waals surface area contributed by atoms with Crippen LogP contribution in [0.15, 0.2) is 48.5 Å². The Bertz CT molecular complexity index is 922. The monoisotopic (exact) mass is 409 g/mol. The van der Waals surface area contributed by atoms with Gasteiger partial charge in [-0.1, -0.05) is 35.9 Å². The summed E-state index contributed by atoms with van der Waals surface area (Å²) in [6, 6.07) is 15.6. The topological polar surface area (TPSA) is 52.7 Å². The Hall–Kier alpha value is -2.47. The maximum absolute atomic E-state index is 13.2. The van der Waals surface area contributed by atoms with E-state index in [9.17, 15) is 9.59 Å². The normalized spacial score (nSPS) is 18.1. The second kappa shape index (κ2) is 8.11. The van der Waals surface area contributed by atoms with Gasteiger partial charge < -0.3 is 15.1 Å². The molecule has 6 heteroatoms. The summed E-state index contributed by atoms with van der Waals surface area (Å²) in [7, 11) is 0. The van der Waals surface area contributed by atoms with Crippen molar-refractivity contribution in [1.82, 2.24) is 9.80 Å². The Morgan fingerprint density at radius 3 is 2.48 bits per heavy atom. The zero-order chi connectivity index (χ0) is 20.4. The summed E-state index contributed by atoms with van der Waals surface area (Å²) in [6.45, 7) is 6.08. The molecule has 2 saturated heterocycles. The summed E-state index contributed by atoms with van der Waals surface area (Å²) in [5, 5.41) is 3.02. The molecule has 5 nitrogen and oxygen atoms in total. The molecule has 2 aliphatic heterocycles. The van der Waals surface area contributed by atoms with Crippen LogP contribution in [0.4, 0.5) is 10.5 Å². The molecular formula is C23H27N3O2S. The van der Waals surface area contributed by atoms with E-state index in [0.29, 0.717) is 13.1 Å². The van der Waals surface area contributed by atoms with Crippen molar-refractivity contribution in [3.8, 4) is 0 Å². The molecule has 2 aromatic carbocycles. The second-order valence-electron chi connectivity index (χ2n) is 7.85. The number of nitrogens with zero attached hydrogens (tertiary/aromatic N) is 2. The number of hydrogen-bond donors (Lipinski definition) is 1. The van der Waals surface area contributed by atoms with Gasteiger partial charge in [0.25, 0.3) is 5.91 Å². The molecule has 29 heavy (non-hydrogen) atoms. The van der Waals surface area contributed by atoms with Crippen LogP contribution in [0.5, 0.6) is 0 Å². The highest BCUT2D eigenvalue weighted by atomic mass is 32.2. The van der Waals surface area contributed by atoms with Crippen molar-refractivity contribution >= 4 is 29.4 Å². The van der Waals surface area contributed by atoms with Gasteiger partial charge in [-0.3, -0.25) is 4.79 Å². The third kappa shape index (κ3) is 3.99. The van der Waals surface area contributed by atoms with Crippen molar-refractivity contribution in [3.05, 3.63) is 65.2 Å². The van der Waals surface area contributed by atoms with E-state index < -0.39 is 0 Å². The Morgan fingerprint density at radius 2 is 1.76 bits per heavy atom. The van der Waals surface area contributed by atoms with Gasteiger partial charge in [0.2, 0.25) is 0 Å². The number of carbonyl (C=O) groups is 2. The van der Waals surface area contributed by atoms with Crippen molar-refractivity contribution in [2.45, 2.75) is 31.6 Å². The molecule has 2 aliphatic rings. The average molecular weight is 410 g/mol. The van der Waals surface area contributed by atoms with Crippen LogP contribution in [0.3, 0.4) is 0 Å². The molecule has 2 aromatic rings. The van der Waals surface area contributed by atoms with Crippen molar-refractivity contribution in [3.63, 3.8) is 0 Å². The molecule has 0 aliphatic carbocycles. The molecule has 2 fully saturated rings. The van der Waals surface area contributed by atoms with Crippen LogP contribution in [0, 0.1) is 13.8 Å². The third-order valence-electron chi connectivity index (χ3n) is 5.91. The molecule has 3 amide bonds. The highest BCUT2D eigenvalue weighted by Gasteiger charge is 2.47. The summed E-state index contributed by atoms with van der Waals surface area (Å²) >= 11 is 1.87. The molecule has 1 spiro atoms. The number of anilines is 1. The number of amides is 3. The average Bonchev–Trinajstić information content (AvgIpc) is 3.12. The lowest BCUT2D eigenvalue weighted by atomic mass is 10.0. The predicted molar refractivity (Wildman–Crippen MR) is 118 cm³/mol. The van der Waals surface area contributed by atoms with E-state index in [1.165, 1.54) is 0 Å². The maximum Gasteiger partial charge on any atom is 0.321 e. The van der Waals surface area contributed by atoms with Crippen LogP contribution in [0.2, 0.25) is 0 Å². The lowest BCUT2D eigenvalue weighted by molar-refractivity contribution is 0.0585. The molecule has 4 rings (SSSR count). The quantitative estimate of drug-likeness (QED) is 0.794. The molecule has 0 radical (unpaired) electrons. The molecule has 152 valence electrons. The zero-order valence-corrected chi connectivity index (χ0v) is 17.8. The van der Waals surface area contributed by atoms with Gasteiger partial charge in [0, 0.05) is 36.6 Å². The van der Waals surface area contributed by atoms with Crippen molar-refractivity contribution in [2.24, 2.45) is 0 Å². The van der Waals surface area contributed by atoms with Crippen molar-refractivity contribution < 1.29 is 9.59 Å².